The number of piperidine rings is 1. The van der Waals surface area contributed by atoms with Gasteiger partial charge < -0.3 is 25.6 Å². The molecule has 1 spiro atoms. The predicted molar refractivity (Wildman–Crippen MR) is 165 cm³/mol. The molecule has 3 fully saturated rings. The number of rotatable bonds is 8. The van der Waals surface area contributed by atoms with Crippen molar-refractivity contribution >= 4 is 46.4 Å². The van der Waals surface area contributed by atoms with Crippen LogP contribution >= 0.6 is 23.2 Å². The smallest absolute Gasteiger partial charge is 0.146 e. The summed E-state index contributed by atoms with van der Waals surface area (Å²) in [5.74, 6) is 3.99. The Bertz CT molecular complexity index is 1520. The molecule has 1 atom stereocenters. The molecule has 0 amide bonds. The Hall–Kier alpha value is -3.62. The number of anilines is 2. The maximum Gasteiger partial charge on any atom is 0.146 e. The normalized spacial score (nSPS) is 18.5. The fourth-order valence-electron chi connectivity index (χ4n) is 6.34. The molecule has 218 valence electrons. The van der Waals surface area contributed by atoms with E-state index in [0.29, 0.717) is 44.1 Å². The summed E-state index contributed by atoms with van der Waals surface area (Å²) in [6.07, 6.45) is 6.34. The monoisotopic (exact) mass is 605 g/mol. The topological polar surface area (TPSA) is 120 Å². The van der Waals surface area contributed by atoms with Gasteiger partial charge in [0.25, 0.3) is 0 Å². The van der Waals surface area contributed by atoms with Crippen LogP contribution in [-0.2, 0) is 4.79 Å². The van der Waals surface area contributed by atoms with Gasteiger partial charge in [0, 0.05) is 78.5 Å². The van der Waals surface area contributed by atoms with Gasteiger partial charge in [0.15, 0.2) is 0 Å². The molecule has 2 aromatic heterocycles. The number of nitrogen functional groups attached to an aromatic ring is 1. The average molecular weight is 607 g/mol. The second-order valence-electron chi connectivity index (χ2n) is 11.5. The number of nitrogens with zero attached hydrogens (tertiary/aromatic N) is 4. The van der Waals surface area contributed by atoms with E-state index in [9.17, 15) is 4.79 Å². The average Bonchev–Trinajstić information content (AvgIpc) is 2.95. The van der Waals surface area contributed by atoms with Crippen LogP contribution in [0, 0.1) is 16.7 Å². The minimum atomic E-state index is -0.437. The predicted octanol–water partition coefficient (Wildman–Crippen LogP) is 4.76. The van der Waals surface area contributed by atoms with Crippen molar-refractivity contribution in [3.8, 4) is 5.75 Å². The van der Waals surface area contributed by atoms with Gasteiger partial charge in [0.05, 0.1) is 15.8 Å². The van der Waals surface area contributed by atoms with Crippen molar-refractivity contribution in [2.75, 3.05) is 49.9 Å². The zero-order chi connectivity index (χ0) is 29.4. The number of pyridine rings is 2. The van der Waals surface area contributed by atoms with Gasteiger partial charge in [-0.3, -0.25) is 10.4 Å². The van der Waals surface area contributed by atoms with Crippen LogP contribution in [-0.4, -0.2) is 65.8 Å². The number of hydrogen-bond donors (Lipinski definition) is 3. The Labute approximate surface area is 255 Å². The van der Waals surface area contributed by atoms with E-state index in [1.165, 1.54) is 12.4 Å². The molecule has 3 aromatic rings. The fourth-order valence-corrected chi connectivity index (χ4v) is 7.01. The van der Waals surface area contributed by atoms with E-state index in [1.54, 1.807) is 24.4 Å². The first-order chi connectivity index (χ1) is 20.3. The molecule has 0 unspecified atom stereocenters. The second-order valence-corrected chi connectivity index (χ2v) is 12.3. The third-order valence-corrected chi connectivity index (χ3v) is 9.14. The number of halogens is 2. The first-order valence-electron chi connectivity index (χ1n) is 14.1. The Kier molecular flexibility index (Phi) is 7.85. The summed E-state index contributed by atoms with van der Waals surface area (Å²) in [5.41, 5.74) is 9.90. The van der Waals surface area contributed by atoms with Crippen molar-refractivity contribution in [2.24, 2.45) is 11.3 Å². The molecule has 1 aromatic carbocycles. The van der Waals surface area contributed by atoms with E-state index in [2.05, 4.69) is 31.0 Å². The highest BCUT2D eigenvalue weighted by atomic mass is 35.5. The summed E-state index contributed by atoms with van der Waals surface area (Å²) in [4.78, 5) is 24.8. The Morgan fingerprint density at radius 2 is 1.83 bits per heavy atom. The molecule has 42 heavy (non-hydrogen) atoms. The number of aromatic nitrogens is 2. The molecule has 6 rings (SSSR count). The van der Waals surface area contributed by atoms with Crippen molar-refractivity contribution in [3.05, 3.63) is 81.4 Å². The van der Waals surface area contributed by atoms with Crippen LogP contribution in [0.2, 0.25) is 10.0 Å². The van der Waals surface area contributed by atoms with E-state index >= 15 is 0 Å². The SMILES string of the molecule is C[C@@H](Oc1ccc(N)c(C(=N)c2ccc(N3CC4(CN(C(=C=O)C5CCNCC5)C4)C3)nc2)c1)c1c(Cl)cncc1Cl. The van der Waals surface area contributed by atoms with E-state index in [4.69, 9.17) is 39.1 Å². The molecule has 3 aliphatic heterocycles. The van der Waals surface area contributed by atoms with Gasteiger partial charge in [-0.25, -0.2) is 9.78 Å². The van der Waals surface area contributed by atoms with E-state index < -0.39 is 6.10 Å². The maximum atomic E-state index is 11.7. The van der Waals surface area contributed by atoms with Gasteiger partial charge >= 0.3 is 0 Å². The number of nitrogens with one attached hydrogen (secondary N) is 2. The summed E-state index contributed by atoms with van der Waals surface area (Å²) in [5, 5.41) is 13.1. The Morgan fingerprint density at radius 1 is 1.12 bits per heavy atom. The lowest BCUT2D eigenvalue weighted by Gasteiger charge is -2.61. The minimum Gasteiger partial charge on any atom is -0.486 e. The van der Waals surface area contributed by atoms with E-state index in [1.807, 2.05) is 19.1 Å². The summed E-state index contributed by atoms with van der Waals surface area (Å²) in [7, 11) is 0. The summed E-state index contributed by atoms with van der Waals surface area (Å²) < 4.78 is 6.12. The van der Waals surface area contributed by atoms with Crippen LogP contribution in [0.4, 0.5) is 11.5 Å². The van der Waals surface area contributed by atoms with Crippen molar-refractivity contribution in [1.29, 1.82) is 5.41 Å². The number of allylic oxidation sites excluding steroid dienone is 1. The highest BCUT2D eigenvalue weighted by Crippen LogP contribution is 2.44. The molecule has 9 nitrogen and oxygen atoms in total. The third kappa shape index (κ3) is 5.45. The molecule has 0 saturated carbocycles. The zero-order valence-electron chi connectivity index (χ0n) is 23.4. The van der Waals surface area contributed by atoms with Gasteiger partial charge in [-0.15, -0.1) is 0 Å². The Morgan fingerprint density at radius 3 is 2.48 bits per heavy atom. The molecule has 4 N–H and O–H groups in total. The quantitative estimate of drug-likeness (QED) is 0.191. The van der Waals surface area contributed by atoms with Gasteiger partial charge in [-0.05, 0) is 63.2 Å². The molecule has 3 saturated heterocycles. The van der Waals surface area contributed by atoms with Crippen molar-refractivity contribution in [2.45, 2.75) is 25.9 Å². The van der Waals surface area contributed by atoms with Crippen LogP contribution in [0.15, 0.2) is 54.6 Å². The first kappa shape index (κ1) is 28.5. The van der Waals surface area contributed by atoms with Gasteiger partial charge in [0.2, 0.25) is 0 Å². The minimum absolute atomic E-state index is 0.207. The van der Waals surface area contributed by atoms with Crippen LogP contribution < -0.4 is 20.7 Å². The van der Waals surface area contributed by atoms with E-state index in [0.717, 1.165) is 63.6 Å². The fraction of sp³-hybridized carbons (Fsp3) is 0.387. The van der Waals surface area contributed by atoms with Crippen LogP contribution in [0.25, 0.3) is 0 Å². The molecule has 0 aliphatic carbocycles. The molecule has 3 aliphatic rings. The van der Waals surface area contributed by atoms with Gasteiger partial charge in [0.1, 0.15) is 29.3 Å². The highest BCUT2D eigenvalue weighted by Gasteiger charge is 2.53. The van der Waals surface area contributed by atoms with Crippen molar-refractivity contribution in [3.63, 3.8) is 0 Å². The number of likely N-dealkylation sites (tertiary alicyclic amines) is 1. The maximum absolute atomic E-state index is 11.7. The number of ether oxygens (including phenoxy) is 1. The number of carbonyl (C=O) groups excluding carboxylic acids is 1. The standard InChI is InChI=1S/C31H33Cl2N7O2/c1-19(29-24(32)12-37-13-25(29)33)42-22-3-4-26(34)23(10-22)30(35)21-2-5-28(38-11-21)40-17-31(18-40)15-39(16-31)27(14-41)20-6-8-36-9-7-20/h2-5,10-13,19-20,35-36H,6-9,15-18,34H2,1H3/t19-/m1/s1. The molecular formula is C31H33Cl2N7O2. The lowest BCUT2D eigenvalue weighted by molar-refractivity contribution is -0.00476. The summed E-state index contributed by atoms with van der Waals surface area (Å²) in [6, 6.07) is 9.08. The second kappa shape index (κ2) is 11.6. The molecule has 11 heteroatoms. The summed E-state index contributed by atoms with van der Waals surface area (Å²) >= 11 is 12.6. The molecule has 0 bridgehead atoms. The molecule has 5 heterocycles. The van der Waals surface area contributed by atoms with Crippen molar-refractivity contribution < 1.29 is 9.53 Å². The number of hydrogen-bond acceptors (Lipinski definition) is 9. The van der Waals surface area contributed by atoms with E-state index in [-0.39, 0.29) is 11.1 Å². The number of benzene rings is 1. The lowest BCUT2D eigenvalue weighted by atomic mass is 9.71. The first-order valence-corrected chi connectivity index (χ1v) is 14.9. The Balaban J connectivity index is 1.07. The van der Waals surface area contributed by atoms with Gasteiger partial charge in [-0.1, -0.05) is 23.2 Å². The van der Waals surface area contributed by atoms with Gasteiger partial charge in [-0.2, -0.15) is 0 Å². The van der Waals surface area contributed by atoms with Crippen LogP contribution in [0.3, 0.4) is 0 Å². The van der Waals surface area contributed by atoms with Crippen LogP contribution in [0.5, 0.6) is 5.75 Å². The van der Waals surface area contributed by atoms with Crippen LogP contribution in [0.1, 0.15) is 42.6 Å². The summed E-state index contributed by atoms with van der Waals surface area (Å²) in [6.45, 7) is 7.38. The number of nitrogens with two attached hydrogens (primary N) is 1. The third-order valence-electron chi connectivity index (χ3n) is 8.54. The largest absolute Gasteiger partial charge is 0.486 e. The highest BCUT2D eigenvalue weighted by molar-refractivity contribution is 6.35. The molecule has 0 radical (unpaired) electrons. The zero-order valence-corrected chi connectivity index (χ0v) is 24.9. The van der Waals surface area contributed by atoms with Crippen molar-refractivity contribution in [1.82, 2.24) is 20.2 Å². The molecular weight excluding hydrogens is 573 g/mol. The lowest BCUT2D eigenvalue weighted by Crippen LogP contribution is -2.72.